The van der Waals surface area contributed by atoms with E-state index in [2.05, 4.69) is 15.8 Å². The van der Waals surface area contributed by atoms with Gasteiger partial charge in [0.05, 0.1) is 11.6 Å². The molecule has 2 unspecified atom stereocenters. The highest BCUT2D eigenvalue weighted by atomic mass is 32.2. The summed E-state index contributed by atoms with van der Waals surface area (Å²) in [5.74, 6) is -2.57. The number of halogens is 2. The molecule has 2 N–H and O–H groups in total. The third-order valence-electron chi connectivity index (χ3n) is 7.04. The largest absolute Gasteiger partial charge is 0.396 e. The van der Waals surface area contributed by atoms with Crippen molar-refractivity contribution >= 4 is 27.5 Å². The number of rotatable bonds is 14. The first-order valence-corrected chi connectivity index (χ1v) is 15.5. The van der Waals surface area contributed by atoms with Gasteiger partial charge in [0.1, 0.15) is 24.0 Å². The third kappa shape index (κ3) is 9.48. The summed E-state index contributed by atoms with van der Waals surface area (Å²) in [5.41, 5.74) is 0.715. The molecule has 3 rings (SSSR count). The molecule has 2 fully saturated rings. The highest BCUT2D eigenvalue weighted by Crippen LogP contribution is 2.21. The van der Waals surface area contributed by atoms with Gasteiger partial charge in [0, 0.05) is 57.3 Å². The van der Waals surface area contributed by atoms with Crippen LogP contribution in [-0.4, -0.2) is 92.3 Å². The van der Waals surface area contributed by atoms with Gasteiger partial charge in [-0.3, -0.25) is 9.59 Å². The molecule has 0 spiro atoms. The van der Waals surface area contributed by atoms with Crippen LogP contribution in [0.1, 0.15) is 52.0 Å². The molecule has 1 aromatic rings. The van der Waals surface area contributed by atoms with E-state index in [1.807, 2.05) is 6.92 Å². The van der Waals surface area contributed by atoms with E-state index in [4.69, 9.17) is 4.84 Å². The standard InChI is InChI=1S/C27H41F2N5O5S/c1-4-6-8-33-16-21(13-26(33)35)27(36)31-24(12-20-10-22(28)14-23(29)11-20)15-25-17-34(9-7-30-25)40(37,38)18-19(3)32-39-5-2/h10-11,14,21,24-25,30H,4-9,12-13,15-18H2,1-3H3,(H,31,36)/b32-19-/t21?,24?,25-/m0/s1. The first-order chi connectivity index (χ1) is 19.0. The summed E-state index contributed by atoms with van der Waals surface area (Å²) in [6, 6.07) is 2.37. The van der Waals surface area contributed by atoms with E-state index in [0.717, 1.165) is 18.9 Å². The van der Waals surface area contributed by atoms with Crippen LogP contribution in [0, 0.1) is 17.6 Å². The number of nitrogens with zero attached hydrogens (tertiary/aromatic N) is 3. The summed E-state index contributed by atoms with van der Waals surface area (Å²) in [5, 5.41) is 10.1. The number of piperazine rings is 1. The minimum atomic E-state index is -3.65. The summed E-state index contributed by atoms with van der Waals surface area (Å²) in [6.07, 6.45) is 2.38. The summed E-state index contributed by atoms with van der Waals surface area (Å²) in [6.45, 7) is 7.52. The van der Waals surface area contributed by atoms with Gasteiger partial charge in [0.15, 0.2) is 0 Å². The van der Waals surface area contributed by atoms with Gasteiger partial charge in [-0.25, -0.2) is 17.2 Å². The second kappa shape index (κ2) is 14.8. The van der Waals surface area contributed by atoms with Gasteiger partial charge >= 0.3 is 0 Å². The smallest absolute Gasteiger partial charge is 0.225 e. The van der Waals surface area contributed by atoms with Crippen molar-refractivity contribution in [3.05, 3.63) is 35.4 Å². The van der Waals surface area contributed by atoms with Crippen LogP contribution in [0.3, 0.4) is 0 Å². The Balaban J connectivity index is 1.71. The van der Waals surface area contributed by atoms with Crippen LogP contribution in [0.5, 0.6) is 0 Å². The van der Waals surface area contributed by atoms with E-state index in [1.54, 1.807) is 18.7 Å². The van der Waals surface area contributed by atoms with Crippen LogP contribution >= 0.6 is 0 Å². The SMILES string of the molecule is CCCCN1CC(C(=O)NC(Cc2cc(F)cc(F)c2)C[C@H]2CN(S(=O)(=O)C/C(C)=N\OCC)CCN2)CC1=O. The first-order valence-electron chi connectivity index (χ1n) is 13.9. The first kappa shape index (κ1) is 31.9. The Kier molecular flexibility index (Phi) is 11.8. The number of likely N-dealkylation sites (tertiary alicyclic amines) is 1. The van der Waals surface area contributed by atoms with Gasteiger partial charge in [-0.05, 0) is 50.8 Å². The molecule has 2 amide bonds. The van der Waals surface area contributed by atoms with Crippen LogP contribution in [0.2, 0.25) is 0 Å². The molecule has 2 heterocycles. The van der Waals surface area contributed by atoms with E-state index in [0.29, 0.717) is 43.9 Å². The van der Waals surface area contributed by atoms with Gasteiger partial charge in [0.2, 0.25) is 21.8 Å². The van der Waals surface area contributed by atoms with E-state index in [-0.39, 0.29) is 49.5 Å². The Labute approximate surface area is 235 Å². The highest BCUT2D eigenvalue weighted by molar-refractivity contribution is 7.89. The van der Waals surface area contributed by atoms with Gasteiger partial charge < -0.3 is 20.4 Å². The highest BCUT2D eigenvalue weighted by Gasteiger charge is 2.36. The Morgan fingerprint density at radius 3 is 2.62 bits per heavy atom. The lowest BCUT2D eigenvalue weighted by molar-refractivity contribution is -0.129. The number of hydrogen-bond donors (Lipinski definition) is 2. The van der Waals surface area contributed by atoms with E-state index >= 15 is 0 Å². The molecule has 2 saturated heterocycles. The molecule has 2 aliphatic heterocycles. The molecule has 40 heavy (non-hydrogen) atoms. The monoisotopic (exact) mass is 585 g/mol. The fourth-order valence-electron chi connectivity index (χ4n) is 5.14. The summed E-state index contributed by atoms with van der Waals surface area (Å²) < 4.78 is 55.3. The fraction of sp³-hybridized carbons (Fsp3) is 0.667. The van der Waals surface area contributed by atoms with Crippen LogP contribution in [0.25, 0.3) is 0 Å². The minimum absolute atomic E-state index is 0.0599. The maximum atomic E-state index is 13.9. The number of amides is 2. The van der Waals surface area contributed by atoms with Crippen molar-refractivity contribution in [3.8, 4) is 0 Å². The van der Waals surface area contributed by atoms with E-state index in [1.165, 1.54) is 16.4 Å². The van der Waals surface area contributed by atoms with Crippen LogP contribution in [-0.2, 0) is 30.9 Å². The van der Waals surface area contributed by atoms with Crippen molar-refractivity contribution < 1.29 is 31.6 Å². The van der Waals surface area contributed by atoms with Crippen molar-refractivity contribution in [2.75, 3.05) is 45.1 Å². The zero-order valence-electron chi connectivity index (χ0n) is 23.5. The summed E-state index contributed by atoms with van der Waals surface area (Å²) in [7, 11) is -3.65. The van der Waals surface area contributed by atoms with Gasteiger partial charge in [-0.2, -0.15) is 4.31 Å². The molecule has 0 aromatic heterocycles. The summed E-state index contributed by atoms with van der Waals surface area (Å²) >= 11 is 0. The number of hydrogen-bond acceptors (Lipinski definition) is 7. The molecule has 13 heteroatoms. The van der Waals surface area contributed by atoms with E-state index in [9.17, 15) is 26.8 Å². The zero-order chi connectivity index (χ0) is 29.3. The number of carbonyl (C=O) groups is 2. The number of unbranched alkanes of at least 4 members (excludes halogenated alkanes) is 1. The average molecular weight is 586 g/mol. The predicted octanol–water partition coefficient (Wildman–Crippen LogP) is 2.05. The van der Waals surface area contributed by atoms with Gasteiger partial charge in [-0.15, -0.1) is 0 Å². The molecule has 3 atom stereocenters. The van der Waals surface area contributed by atoms with Crippen LogP contribution in [0.15, 0.2) is 23.4 Å². The number of sulfonamides is 1. The minimum Gasteiger partial charge on any atom is -0.396 e. The molecule has 0 radical (unpaired) electrons. The lowest BCUT2D eigenvalue weighted by Crippen LogP contribution is -2.55. The van der Waals surface area contributed by atoms with Crippen molar-refractivity contribution in [1.29, 1.82) is 0 Å². The normalized spacial score (nSPS) is 21.5. The molecular formula is C27H41F2N5O5S. The van der Waals surface area contributed by atoms with Crippen LogP contribution in [0.4, 0.5) is 8.78 Å². The van der Waals surface area contributed by atoms with Gasteiger partial charge in [-0.1, -0.05) is 18.5 Å². The van der Waals surface area contributed by atoms with Crippen LogP contribution < -0.4 is 10.6 Å². The Morgan fingerprint density at radius 1 is 1.23 bits per heavy atom. The average Bonchev–Trinajstić information content (AvgIpc) is 3.26. The molecular weight excluding hydrogens is 544 g/mol. The molecule has 224 valence electrons. The lowest BCUT2D eigenvalue weighted by atomic mass is 9.97. The van der Waals surface area contributed by atoms with E-state index < -0.39 is 33.6 Å². The zero-order valence-corrected chi connectivity index (χ0v) is 24.3. The number of nitrogens with one attached hydrogen (secondary N) is 2. The number of oxime groups is 1. The molecule has 0 bridgehead atoms. The maximum Gasteiger partial charge on any atom is 0.225 e. The number of carbonyl (C=O) groups excluding carboxylic acids is 2. The fourth-order valence-corrected chi connectivity index (χ4v) is 6.68. The quantitative estimate of drug-likeness (QED) is 0.255. The molecule has 1 aromatic carbocycles. The number of benzene rings is 1. The van der Waals surface area contributed by atoms with Crippen molar-refractivity contribution in [3.63, 3.8) is 0 Å². The second-order valence-electron chi connectivity index (χ2n) is 10.5. The molecule has 2 aliphatic rings. The molecule has 10 nitrogen and oxygen atoms in total. The Bertz CT molecular complexity index is 1150. The molecule has 0 aliphatic carbocycles. The third-order valence-corrected chi connectivity index (χ3v) is 8.94. The topological polar surface area (TPSA) is 120 Å². The summed E-state index contributed by atoms with van der Waals surface area (Å²) in [4.78, 5) is 32.3. The van der Waals surface area contributed by atoms with Crippen molar-refractivity contribution in [1.82, 2.24) is 19.8 Å². The van der Waals surface area contributed by atoms with Gasteiger partial charge in [0.25, 0.3) is 0 Å². The lowest BCUT2D eigenvalue weighted by Gasteiger charge is -2.35. The Hall–Kier alpha value is -2.64. The predicted molar refractivity (Wildman–Crippen MR) is 148 cm³/mol. The Morgan fingerprint density at radius 2 is 1.95 bits per heavy atom. The van der Waals surface area contributed by atoms with Crippen molar-refractivity contribution in [2.24, 2.45) is 11.1 Å². The second-order valence-corrected chi connectivity index (χ2v) is 12.5. The van der Waals surface area contributed by atoms with Crippen molar-refractivity contribution in [2.45, 2.75) is 65.0 Å². The molecule has 0 saturated carbocycles. The maximum absolute atomic E-state index is 13.9.